The predicted molar refractivity (Wildman–Crippen MR) is 54.6 cm³/mol. The number of unbranched alkanes of at least 4 members (excludes halogenated alkanes) is 1. The van der Waals surface area contributed by atoms with Gasteiger partial charge in [-0.05, 0) is 19.4 Å². The quantitative estimate of drug-likeness (QED) is 0.559. The third kappa shape index (κ3) is 6.42. The maximum absolute atomic E-state index is 11.1. The summed E-state index contributed by atoms with van der Waals surface area (Å²) in [6.07, 6.45) is 2.06. The first kappa shape index (κ1) is 12.9. The van der Waals surface area contributed by atoms with E-state index in [1.807, 2.05) is 0 Å². The lowest BCUT2D eigenvalue weighted by Crippen LogP contribution is -2.36. The molecule has 0 saturated heterocycles. The van der Waals surface area contributed by atoms with Gasteiger partial charge in [0, 0.05) is 20.5 Å². The molecule has 0 aromatic carbocycles. The Kier molecular flexibility index (Phi) is 6.74. The minimum absolute atomic E-state index is 0.0778. The number of nitrogens with one attached hydrogen (secondary N) is 1. The van der Waals surface area contributed by atoms with Crippen molar-refractivity contribution in [3.8, 4) is 0 Å². The summed E-state index contributed by atoms with van der Waals surface area (Å²) in [5.74, 6) is -0.189. The zero-order valence-electron chi connectivity index (χ0n) is 8.88. The van der Waals surface area contributed by atoms with Crippen LogP contribution in [0.5, 0.6) is 0 Å². The van der Waals surface area contributed by atoms with Gasteiger partial charge < -0.3 is 16.0 Å². The Morgan fingerprint density at radius 2 is 1.93 bits per heavy atom. The summed E-state index contributed by atoms with van der Waals surface area (Å²) in [6, 6.07) is 0. The van der Waals surface area contributed by atoms with Gasteiger partial charge in [0.2, 0.25) is 11.8 Å². The molecule has 0 saturated carbocycles. The molecule has 0 spiro atoms. The first-order chi connectivity index (χ1) is 6.57. The molecule has 0 aliphatic rings. The lowest BCUT2D eigenvalue weighted by Gasteiger charge is -2.10. The van der Waals surface area contributed by atoms with Crippen molar-refractivity contribution in [2.45, 2.75) is 19.3 Å². The first-order valence-electron chi connectivity index (χ1n) is 4.75. The highest BCUT2D eigenvalue weighted by molar-refractivity contribution is 5.84. The van der Waals surface area contributed by atoms with Gasteiger partial charge in [0.15, 0.2) is 0 Å². The van der Waals surface area contributed by atoms with Crippen LogP contribution in [-0.2, 0) is 9.59 Å². The van der Waals surface area contributed by atoms with Crippen LogP contribution in [0.3, 0.4) is 0 Å². The van der Waals surface area contributed by atoms with Crippen LogP contribution in [0.2, 0.25) is 0 Å². The van der Waals surface area contributed by atoms with Gasteiger partial charge in [-0.3, -0.25) is 9.59 Å². The van der Waals surface area contributed by atoms with E-state index in [0.717, 1.165) is 12.8 Å². The van der Waals surface area contributed by atoms with Crippen LogP contribution >= 0.6 is 0 Å². The summed E-state index contributed by atoms with van der Waals surface area (Å²) in [5.41, 5.74) is 5.28. The number of hydrogen-bond acceptors (Lipinski definition) is 3. The van der Waals surface area contributed by atoms with Crippen LogP contribution < -0.4 is 11.1 Å². The highest BCUT2D eigenvalue weighted by Gasteiger charge is 2.06. The van der Waals surface area contributed by atoms with Gasteiger partial charge in [-0.15, -0.1) is 0 Å². The lowest BCUT2D eigenvalue weighted by atomic mass is 10.2. The van der Waals surface area contributed by atoms with Crippen LogP contribution in [0.15, 0.2) is 0 Å². The van der Waals surface area contributed by atoms with Gasteiger partial charge in [-0.2, -0.15) is 0 Å². The standard InChI is InChI=1S/C9H19N3O2/c1-12(2)9(14)7-11-8(13)5-3-4-6-10/h3-7,10H2,1-2H3,(H,11,13). The number of nitrogens with zero attached hydrogens (tertiary/aromatic N) is 1. The molecule has 5 nitrogen and oxygen atoms in total. The third-order valence-electron chi connectivity index (χ3n) is 1.79. The van der Waals surface area contributed by atoms with Crippen molar-refractivity contribution in [1.29, 1.82) is 0 Å². The topological polar surface area (TPSA) is 75.4 Å². The molecule has 0 bridgehead atoms. The van der Waals surface area contributed by atoms with E-state index in [-0.39, 0.29) is 18.4 Å². The van der Waals surface area contributed by atoms with Crippen molar-refractivity contribution >= 4 is 11.8 Å². The van der Waals surface area contributed by atoms with Crippen LogP contribution in [0.25, 0.3) is 0 Å². The molecule has 82 valence electrons. The maximum atomic E-state index is 11.1. The molecular weight excluding hydrogens is 182 g/mol. The van der Waals surface area contributed by atoms with Gasteiger partial charge in [-0.25, -0.2) is 0 Å². The van der Waals surface area contributed by atoms with E-state index in [1.165, 1.54) is 4.90 Å². The Labute approximate surface area is 84.6 Å². The van der Waals surface area contributed by atoms with Crippen LogP contribution in [0, 0.1) is 0 Å². The minimum atomic E-state index is -0.0998. The second-order valence-electron chi connectivity index (χ2n) is 3.31. The van der Waals surface area contributed by atoms with E-state index in [0.29, 0.717) is 13.0 Å². The number of nitrogens with two attached hydrogens (primary N) is 1. The Bertz CT molecular complexity index is 192. The van der Waals surface area contributed by atoms with Crippen molar-refractivity contribution < 1.29 is 9.59 Å². The minimum Gasteiger partial charge on any atom is -0.347 e. The molecule has 0 radical (unpaired) electrons. The Morgan fingerprint density at radius 1 is 1.29 bits per heavy atom. The average molecular weight is 201 g/mol. The molecule has 0 unspecified atom stereocenters. The highest BCUT2D eigenvalue weighted by atomic mass is 16.2. The zero-order chi connectivity index (χ0) is 11.0. The Hall–Kier alpha value is -1.10. The number of likely N-dealkylation sites (N-methyl/N-ethyl adjacent to an activating group) is 1. The maximum Gasteiger partial charge on any atom is 0.241 e. The fourth-order valence-electron chi connectivity index (χ4n) is 0.851. The number of rotatable bonds is 6. The molecule has 14 heavy (non-hydrogen) atoms. The monoisotopic (exact) mass is 201 g/mol. The SMILES string of the molecule is CN(C)C(=O)CNC(=O)CCCCN. The van der Waals surface area contributed by atoms with E-state index in [1.54, 1.807) is 14.1 Å². The molecule has 0 atom stereocenters. The molecular formula is C9H19N3O2. The fourth-order valence-corrected chi connectivity index (χ4v) is 0.851. The number of amides is 2. The van der Waals surface area contributed by atoms with Gasteiger partial charge in [0.05, 0.1) is 6.54 Å². The van der Waals surface area contributed by atoms with Crippen molar-refractivity contribution in [2.75, 3.05) is 27.2 Å². The first-order valence-corrected chi connectivity index (χ1v) is 4.75. The summed E-state index contributed by atoms with van der Waals surface area (Å²) in [5, 5.41) is 2.55. The molecule has 0 rings (SSSR count). The summed E-state index contributed by atoms with van der Waals surface area (Å²) in [6.45, 7) is 0.679. The second-order valence-corrected chi connectivity index (χ2v) is 3.31. The summed E-state index contributed by atoms with van der Waals surface area (Å²) in [7, 11) is 3.31. The van der Waals surface area contributed by atoms with Crippen molar-refractivity contribution in [2.24, 2.45) is 5.73 Å². The van der Waals surface area contributed by atoms with E-state index in [4.69, 9.17) is 5.73 Å². The average Bonchev–Trinajstić information content (AvgIpc) is 2.14. The molecule has 0 aliphatic carbocycles. The predicted octanol–water partition coefficient (Wildman–Crippen LogP) is -0.680. The lowest BCUT2D eigenvalue weighted by molar-refractivity contribution is -0.130. The molecule has 0 fully saturated rings. The molecule has 5 heteroatoms. The Morgan fingerprint density at radius 3 is 2.43 bits per heavy atom. The third-order valence-corrected chi connectivity index (χ3v) is 1.79. The smallest absolute Gasteiger partial charge is 0.241 e. The van der Waals surface area contributed by atoms with Gasteiger partial charge in [0.25, 0.3) is 0 Å². The van der Waals surface area contributed by atoms with E-state index < -0.39 is 0 Å². The number of carbonyl (C=O) groups is 2. The molecule has 0 aliphatic heterocycles. The van der Waals surface area contributed by atoms with E-state index in [9.17, 15) is 9.59 Å². The van der Waals surface area contributed by atoms with Crippen LogP contribution in [0.1, 0.15) is 19.3 Å². The van der Waals surface area contributed by atoms with E-state index >= 15 is 0 Å². The summed E-state index contributed by atoms with van der Waals surface area (Å²) in [4.78, 5) is 23.6. The van der Waals surface area contributed by atoms with E-state index in [2.05, 4.69) is 5.32 Å². The fraction of sp³-hybridized carbons (Fsp3) is 0.778. The van der Waals surface area contributed by atoms with Crippen molar-refractivity contribution in [3.05, 3.63) is 0 Å². The highest BCUT2D eigenvalue weighted by Crippen LogP contribution is 1.92. The molecule has 0 aromatic rings. The summed E-state index contributed by atoms with van der Waals surface area (Å²) < 4.78 is 0. The largest absolute Gasteiger partial charge is 0.347 e. The number of hydrogen-bond donors (Lipinski definition) is 2. The van der Waals surface area contributed by atoms with Crippen molar-refractivity contribution in [1.82, 2.24) is 10.2 Å². The van der Waals surface area contributed by atoms with Gasteiger partial charge in [-0.1, -0.05) is 0 Å². The molecule has 2 amide bonds. The zero-order valence-corrected chi connectivity index (χ0v) is 8.88. The second kappa shape index (κ2) is 7.32. The molecule has 3 N–H and O–H groups in total. The normalized spacial score (nSPS) is 9.64. The van der Waals surface area contributed by atoms with Crippen LogP contribution in [0.4, 0.5) is 0 Å². The van der Waals surface area contributed by atoms with Gasteiger partial charge >= 0.3 is 0 Å². The van der Waals surface area contributed by atoms with Crippen LogP contribution in [-0.4, -0.2) is 43.9 Å². The molecule has 0 heterocycles. The van der Waals surface area contributed by atoms with Gasteiger partial charge in [0.1, 0.15) is 0 Å². The molecule has 0 aromatic heterocycles. The summed E-state index contributed by atoms with van der Waals surface area (Å²) >= 11 is 0. The van der Waals surface area contributed by atoms with Crippen molar-refractivity contribution in [3.63, 3.8) is 0 Å². The Balaban J connectivity index is 3.49. The number of carbonyl (C=O) groups excluding carboxylic acids is 2.